The number of pyridine rings is 1. The van der Waals surface area contributed by atoms with Crippen LogP contribution in [0.15, 0.2) is 60.8 Å². The topological polar surface area (TPSA) is 93.8 Å². The smallest absolute Gasteiger partial charge is 0.222 e. The van der Waals surface area contributed by atoms with Gasteiger partial charge in [0.05, 0.1) is 21.9 Å². The van der Waals surface area contributed by atoms with Gasteiger partial charge in [0.1, 0.15) is 0 Å². The van der Waals surface area contributed by atoms with Crippen LogP contribution in [0.1, 0.15) is 6.92 Å². The number of rotatable bonds is 3. The second kappa shape index (κ2) is 7.25. The number of hydrogen-bond donors (Lipinski definition) is 2. The highest BCUT2D eigenvalue weighted by Crippen LogP contribution is 2.35. The van der Waals surface area contributed by atoms with Crippen LogP contribution in [0, 0.1) is 0 Å². The molecule has 0 fully saturated rings. The normalized spacial score (nSPS) is 10.8. The molecule has 0 aliphatic carbocycles. The molecule has 28 heavy (non-hydrogen) atoms. The molecule has 0 saturated carbocycles. The number of aromatic nitrogens is 3. The van der Waals surface area contributed by atoms with E-state index in [4.69, 9.17) is 17.3 Å². The number of nitrogen functional groups attached to an aromatic ring is 1. The summed E-state index contributed by atoms with van der Waals surface area (Å²) in [7, 11) is 0. The molecule has 0 aliphatic heterocycles. The molecule has 0 atom stereocenters. The van der Waals surface area contributed by atoms with Gasteiger partial charge in [0.25, 0.3) is 0 Å². The SMILES string of the molecule is CC(=O)Nc1nc(-c2cc(Cl)c3ncccc3c2)c(-c2ccccc2)nc1N. The van der Waals surface area contributed by atoms with Gasteiger partial charge in [-0.1, -0.05) is 48.0 Å². The lowest BCUT2D eigenvalue weighted by Crippen LogP contribution is -2.12. The van der Waals surface area contributed by atoms with Crippen LogP contribution in [-0.2, 0) is 4.79 Å². The van der Waals surface area contributed by atoms with Crippen molar-refractivity contribution in [2.75, 3.05) is 11.1 Å². The van der Waals surface area contributed by atoms with Crippen molar-refractivity contribution in [1.82, 2.24) is 15.0 Å². The highest BCUT2D eigenvalue weighted by Gasteiger charge is 2.17. The van der Waals surface area contributed by atoms with E-state index in [1.807, 2.05) is 48.5 Å². The number of carbonyl (C=O) groups is 1. The summed E-state index contributed by atoms with van der Waals surface area (Å²) in [6.45, 7) is 1.39. The minimum Gasteiger partial charge on any atom is -0.381 e. The first kappa shape index (κ1) is 17.9. The molecule has 2 aromatic heterocycles. The van der Waals surface area contributed by atoms with Crippen molar-refractivity contribution < 1.29 is 4.79 Å². The zero-order chi connectivity index (χ0) is 19.7. The monoisotopic (exact) mass is 389 g/mol. The fourth-order valence-corrected chi connectivity index (χ4v) is 3.27. The number of fused-ring (bicyclic) bond motifs is 1. The van der Waals surface area contributed by atoms with E-state index in [1.54, 1.807) is 12.3 Å². The number of anilines is 2. The molecule has 138 valence electrons. The summed E-state index contributed by atoms with van der Waals surface area (Å²) in [5, 5.41) is 4.02. The zero-order valence-corrected chi connectivity index (χ0v) is 15.7. The number of benzene rings is 2. The Bertz CT molecular complexity index is 1190. The number of nitrogens with two attached hydrogens (primary N) is 1. The minimum atomic E-state index is -0.278. The molecular formula is C21H16ClN5O. The summed E-state index contributed by atoms with van der Waals surface area (Å²) >= 11 is 6.46. The van der Waals surface area contributed by atoms with E-state index >= 15 is 0 Å². The highest BCUT2D eigenvalue weighted by molar-refractivity contribution is 6.35. The van der Waals surface area contributed by atoms with Gasteiger partial charge in [-0.25, -0.2) is 9.97 Å². The van der Waals surface area contributed by atoms with Crippen molar-refractivity contribution in [3.05, 3.63) is 65.8 Å². The largest absolute Gasteiger partial charge is 0.381 e. The molecule has 6 nitrogen and oxygen atoms in total. The van der Waals surface area contributed by atoms with Gasteiger partial charge in [0.15, 0.2) is 11.6 Å². The summed E-state index contributed by atoms with van der Waals surface area (Å²) in [5.41, 5.74) is 9.54. The summed E-state index contributed by atoms with van der Waals surface area (Å²) in [6.07, 6.45) is 1.70. The van der Waals surface area contributed by atoms with Gasteiger partial charge in [-0.3, -0.25) is 9.78 Å². The van der Waals surface area contributed by atoms with Crippen LogP contribution >= 0.6 is 11.6 Å². The molecule has 0 unspecified atom stereocenters. The molecule has 7 heteroatoms. The van der Waals surface area contributed by atoms with Gasteiger partial charge in [-0.15, -0.1) is 0 Å². The number of carbonyl (C=O) groups excluding carboxylic acids is 1. The fourth-order valence-electron chi connectivity index (χ4n) is 2.99. The summed E-state index contributed by atoms with van der Waals surface area (Å²) in [6, 6.07) is 17.1. The lowest BCUT2D eigenvalue weighted by atomic mass is 10.0. The Morgan fingerprint density at radius 3 is 2.50 bits per heavy atom. The van der Waals surface area contributed by atoms with Gasteiger partial charge in [0.2, 0.25) is 5.91 Å². The molecule has 0 radical (unpaired) electrons. The molecule has 0 spiro atoms. The number of hydrogen-bond acceptors (Lipinski definition) is 5. The van der Waals surface area contributed by atoms with E-state index in [0.29, 0.717) is 21.9 Å². The van der Waals surface area contributed by atoms with Crippen molar-refractivity contribution in [2.24, 2.45) is 0 Å². The zero-order valence-electron chi connectivity index (χ0n) is 15.0. The van der Waals surface area contributed by atoms with E-state index in [2.05, 4.69) is 20.3 Å². The Balaban J connectivity index is 1.99. The van der Waals surface area contributed by atoms with Crippen molar-refractivity contribution in [3.8, 4) is 22.5 Å². The average molecular weight is 390 g/mol. The van der Waals surface area contributed by atoms with Gasteiger partial charge in [-0.2, -0.15) is 0 Å². The summed E-state index contributed by atoms with van der Waals surface area (Å²) in [5.74, 6) is 0.0797. The lowest BCUT2D eigenvalue weighted by molar-refractivity contribution is -0.114. The van der Waals surface area contributed by atoms with E-state index in [0.717, 1.165) is 16.5 Å². The van der Waals surface area contributed by atoms with E-state index < -0.39 is 0 Å². The van der Waals surface area contributed by atoms with E-state index in [1.165, 1.54) is 6.92 Å². The molecule has 0 bridgehead atoms. The minimum absolute atomic E-state index is 0.145. The van der Waals surface area contributed by atoms with E-state index in [9.17, 15) is 4.79 Å². The van der Waals surface area contributed by atoms with Crippen LogP contribution in [-0.4, -0.2) is 20.9 Å². The first-order valence-electron chi connectivity index (χ1n) is 8.58. The molecule has 0 saturated heterocycles. The van der Waals surface area contributed by atoms with Crippen LogP contribution in [0.5, 0.6) is 0 Å². The maximum Gasteiger partial charge on any atom is 0.222 e. The number of halogens is 1. The molecular weight excluding hydrogens is 374 g/mol. The quantitative estimate of drug-likeness (QED) is 0.536. The maximum absolute atomic E-state index is 11.5. The Hall–Kier alpha value is -3.51. The van der Waals surface area contributed by atoms with E-state index in [-0.39, 0.29) is 17.5 Å². The van der Waals surface area contributed by atoms with Crippen LogP contribution in [0.3, 0.4) is 0 Å². The van der Waals surface area contributed by atoms with Gasteiger partial charge in [-0.05, 0) is 18.2 Å². The third-order valence-electron chi connectivity index (χ3n) is 4.20. The predicted octanol–water partition coefficient (Wildman–Crippen LogP) is 4.55. The second-order valence-corrected chi connectivity index (χ2v) is 6.64. The molecule has 2 aromatic carbocycles. The Morgan fingerprint density at radius 1 is 1.00 bits per heavy atom. The van der Waals surface area contributed by atoms with Crippen molar-refractivity contribution in [1.29, 1.82) is 0 Å². The first-order valence-corrected chi connectivity index (χ1v) is 8.96. The molecule has 0 aliphatic rings. The molecule has 1 amide bonds. The Kier molecular flexibility index (Phi) is 4.63. The Morgan fingerprint density at radius 2 is 1.75 bits per heavy atom. The fraction of sp³-hybridized carbons (Fsp3) is 0.0476. The molecule has 4 aromatic rings. The second-order valence-electron chi connectivity index (χ2n) is 6.24. The van der Waals surface area contributed by atoms with Crippen molar-refractivity contribution >= 4 is 40.0 Å². The van der Waals surface area contributed by atoms with Gasteiger partial charge < -0.3 is 11.1 Å². The summed E-state index contributed by atoms with van der Waals surface area (Å²) < 4.78 is 0. The molecule has 3 N–H and O–H groups in total. The first-order chi connectivity index (χ1) is 13.5. The highest BCUT2D eigenvalue weighted by atomic mass is 35.5. The number of nitrogens with zero attached hydrogens (tertiary/aromatic N) is 3. The van der Waals surface area contributed by atoms with Crippen LogP contribution in [0.25, 0.3) is 33.4 Å². The average Bonchev–Trinajstić information content (AvgIpc) is 2.69. The van der Waals surface area contributed by atoms with Crippen LogP contribution < -0.4 is 11.1 Å². The molecule has 4 rings (SSSR count). The predicted molar refractivity (Wildman–Crippen MR) is 112 cm³/mol. The third kappa shape index (κ3) is 3.37. The van der Waals surface area contributed by atoms with Crippen LogP contribution in [0.2, 0.25) is 5.02 Å². The van der Waals surface area contributed by atoms with Gasteiger partial charge in [0, 0.05) is 29.6 Å². The van der Waals surface area contributed by atoms with Crippen LogP contribution in [0.4, 0.5) is 11.6 Å². The number of amides is 1. The number of nitrogens with one attached hydrogen (secondary N) is 1. The maximum atomic E-state index is 11.5. The standard InChI is InChI=1S/C21H16ClN5O/c1-12(28)25-21-20(23)26-18(13-6-3-2-4-7-13)19(27-21)15-10-14-8-5-9-24-17(14)16(22)11-15/h2-11H,1H3,(H2,23,26)(H,25,27,28). The van der Waals surface area contributed by atoms with Crippen molar-refractivity contribution in [2.45, 2.75) is 6.92 Å². The lowest BCUT2D eigenvalue weighted by Gasteiger charge is -2.14. The van der Waals surface area contributed by atoms with Crippen molar-refractivity contribution in [3.63, 3.8) is 0 Å². The third-order valence-corrected chi connectivity index (χ3v) is 4.48. The van der Waals surface area contributed by atoms with Gasteiger partial charge >= 0.3 is 0 Å². The molecule has 2 heterocycles. The summed E-state index contributed by atoms with van der Waals surface area (Å²) in [4.78, 5) is 25.0. The Labute approximate surface area is 166 Å².